The van der Waals surface area contributed by atoms with E-state index in [4.69, 9.17) is 0 Å². The fourth-order valence-electron chi connectivity index (χ4n) is 7.60. The molecular formula is C26H52N2. The zero-order chi connectivity index (χ0) is 19.9. The van der Waals surface area contributed by atoms with Gasteiger partial charge in [-0.15, -0.1) is 0 Å². The topological polar surface area (TPSA) is 6.48 Å². The summed E-state index contributed by atoms with van der Waals surface area (Å²) in [5.74, 6) is 3.71. The Kier molecular flexibility index (Phi) is 8.48. The van der Waals surface area contributed by atoms with Crippen LogP contribution in [0.2, 0.25) is 0 Å². The van der Waals surface area contributed by atoms with Crippen LogP contribution in [-0.4, -0.2) is 46.1 Å². The highest BCUT2D eigenvalue weighted by molar-refractivity contribution is 5.01. The van der Waals surface area contributed by atoms with E-state index in [1.165, 1.54) is 44.9 Å². The van der Waals surface area contributed by atoms with Crippen molar-refractivity contribution in [1.82, 2.24) is 9.80 Å². The molecule has 0 aromatic heterocycles. The largest absolute Gasteiger partial charge is 0.295 e. The molecule has 4 atom stereocenters. The van der Waals surface area contributed by atoms with Crippen molar-refractivity contribution < 1.29 is 0 Å². The lowest BCUT2D eigenvalue weighted by Crippen LogP contribution is -2.59. The molecule has 28 heavy (non-hydrogen) atoms. The van der Waals surface area contributed by atoms with Gasteiger partial charge in [-0.1, -0.05) is 35.1 Å². The van der Waals surface area contributed by atoms with Crippen molar-refractivity contribution in [3.63, 3.8) is 0 Å². The van der Waals surface area contributed by atoms with E-state index in [1.54, 1.807) is 0 Å². The molecule has 2 heteroatoms. The zero-order valence-electron chi connectivity index (χ0n) is 19.6. The average molecular weight is 393 g/mol. The maximum absolute atomic E-state index is 2.82. The van der Waals surface area contributed by atoms with Gasteiger partial charge in [0.25, 0.3) is 0 Å². The second-order valence-corrected chi connectivity index (χ2v) is 11.3. The normalized spacial score (nSPS) is 37.7. The van der Waals surface area contributed by atoms with E-state index in [9.17, 15) is 0 Å². The lowest BCUT2D eigenvalue weighted by molar-refractivity contribution is -0.0536. The van der Waals surface area contributed by atoms with Gasteiger partial charge in [0.05, 0.1) is 0 Å². The third kappa shape index (κ3) is 4.64. The summed E-state index contributed by atoms with van der Waals surface area (Å²) in [6.45, 7) is 19.0. The Hall–Kier alpha value is -0.0800. The summed E-state index contributed by atoms with van der Waals surface area (Å²) in [4.78, 5) is 5.61. The smallest absolute Gasteiger partial charge is 0.0153 e. The fourth-order valence-corrected chi connectivity index (χ4v) is 7.60. The van der Waals surface area contributed by atoms with Crippen LogP contribution in [0.4, 0.5) is 0 Å². The van der Waals surface area contributed by atoms with Crippen LogP contribution >= 0.6 is 0 Å². The quantitative estimate of drug-likeness (QED) is 0.517. The fraction of sp³-hybridized carbons (Fsp3) is 1.00. The van der Waals surface area contributed by atoms with Gasteiger partial charge in [-0.25, -0.2) is 0 Å². The predicted octanol–water partition coefficient (Wildman–Crippen LogP) is 6.83. The van der Waals surface area contributed by atoms with Crippen molar-refractivity contribution in [3.8, 4) is 0 Å². The van der Waals surface area contributed by atoms with Crippen LogP contribution in [0.3, 0.4) is 0 Å². The van der Waals surface area contributed by atoms with E-state index >= 15 is 0 Å². The van der Waals surface area contributed by atoms with Gasteiger partial charge >= 0.3 is 0 Å². The van der Waals surface area contributed by atoms with Crippen molar-refractivity contribution in [2.75, 3.05) is 0 Å². The molecule has 0 N–H and O–H groups in total. The molecule has 2 nitrogen and oxygen atoms in total. The SMILES string of the molecule is C.CC(C)C1C2CCC(C2)N1C(C)C.CC(C)C1C2CCC(CC2)N1C(C)C. The van der Waals surface area contributed by atoms with Crippen molar-refractivity contribution in [1.29, 1.82) is 0 Å². The molecule has 0 aromatic rings. The van der Waals surface area contributed by atoms with Crippen LogP contribution in [-0.2, 0) is 0 Å². The first-order chi connectivity index (χ1) is 12.7. The summed E-state index contributed by atoms with van der Waals surface area (Å²) < 4.78 is 0. The summed E-state index contributed by atoms with van der Waals surface area (Å²) in [5, 5.41) is 0. The summed E-state index contributed by atoms with van der Waals surface area (Å²) in [5.41, 5.74) is 0. The number of rotatable bonds is 4. The van der Waals surface area contributed by atoms with Gasteiger partial charge in [0.1, 0.15) is 0 Å². The lowest BCUT2D eigenvalue weighted by atomic mass is 9.70. The Morgan fingerprint density at radius 2 is 0.929 bits per heavy atom. The molecule has 0 amide bonds. The molecule has 5 aliphatic rings. The minimum absolute atomic E-state index is 0. The second-order valence-electron chi connectivity index (χ2n) is 11.3. The summed E-state index contributed by atoms with van der Waals surface area (Å²) in [6, 6.07) is 5.10. The molecule has 3 heterocycles. The van der Waals surface area contributed by atoms with Crippen molar-refractivity contribution in [3.05, 3.63) is 0 Å². The van der Waals surface area contributed by atoms with E-state index in [-0.39, 0.29) is 7.43 Å². The van der Waals surface area contributed by atoms with E-state index in [2.05, 4.69) is 65.2 Å². The van der Waals surface area contributed by atoms with Gasteiger partial charge in [-0.3, -0.25) is 9.80 Å². The number of fused-ring (bicyclic) bond motifs is 5. The average Bonchev–Trinajstić information content (AvgIpc) is 3.23. The lowest BCUT2D eigenvalue weighted by Gasteiger charge is -2.55. The highest BCUT2D eigenvalue weighted by Crippen LogP contribution is 2.46. The van der Waals surface area contributed by atoms with Gasteiger partial charge < -0.3 is 0 Å². The number of nitrogens with zero attached hydrogens (tertiary/aromatic N) is 2. The van der Waals surface area contributed by atoms with Crippen LogP contribution in [0.25, 0.3) is 0 Å². The first kappa shape index (κ1) is 24.2. The monoisotopic (exact) mass is 392 g/mol. The minimum atomic E-state index is 0. The van der Waals surface area contributed by atoms with E-state index < -0.39 is 0 Å². The van der Waals surface area contributed by atoms with Crippen LogP contribution < -0.4 is 0 Å². The van der Waals surface area contributed by atoms with Crippen LogP contribution in [0.1, 0.15) is 108 Å². The van der Waals surface area contributed by atoms with Gasteiger partial charge in [-0.05, 0) is 96.3 Å². The number of hydrogen-bond donors (Lipinski definition) is 0. The molecule has 4 unspecified atom stereocenters. The maximum Gasteiger partial charge on any atom is 0.0153 e. The zero-order valence-corrected chi connectivity index (χ0v) is 19.6. The van der Waals surface area contributed by atoms with E-state index in [0.717, 1.165) is 59.9 Å². The van der Waals surface area contributed by atoms with Crippen LogP contribution in [0.5, 0.6) is 0 Å². The van der Waals surface area contributed by atoms with E-state index in [1.807, 2.05) is 0 Å². The summed E-state index contributed by atoms with van der Waals surface area (Å²) in [7, 11) is 0. The molecular weight excluding hydrogens is 340 g/mol. The van der Waals surface area contributed by atoms with Crippen LogP contribution in [0, 0.1) is 23.7 Å². The van der Waals surface area contributed by atoms with Gasteiger partial charge in [0, 0.05) is 36.3 Å². The summed E-state index contributed by atoms with van der Waals surface area (Å²) >= 11 is 0. The molecule has 5 fully saturated rings. The third-order valence-corrected chi connectivity index (χ3v) is 8.24. The molecule has 0 spiro atoms. The molecule has 0 aromatic carbocycles. The highest BCUT2D eigenvalue weighted by Gasteiger charge is 2.47. The van der Waals surface area contributed by atoms with Gasteiger partial charge in [0.15, 0.2) is 0 Å². The first-order valence-electron chi connectivity index (χ1n) is 12.3. The van der Waals surface area contributed by atoms with Crippen molar-refractivity contribution in [2.45, 2.75) is 144 Å². The molecule has 166 valence electrons. The Labute approximate surface area is 177 Å². The molecule has 4 bridgehead atoms. The molecule has 2 aliphatic carbocycles. The number of piperidine rings is 3. The molecule has 5 rings (SSSR count). The third-order valence-electron chi connectivity index (χ3n) is 8.24. The number of likely N-dealkylation sites (tertiary alicyclic amines) is 1. The Morgan fingerprint density at radius 3 is 1.32 bits per heavy atom. The highest BCUT2D eigenvalue weighted by atomic mass is 15.3. The Morgan fingerprint density at radius 1 is 0.536 bits per heavy atom. The Balaban J connectivity index is 0.000000194. The molecule has 3 aliphatic heterocycles. The number of hydrogen-bond acceptors (Lipinski definition) is 2. The van der Waals surface area contributed by atoms with Crippen molar-refractivity contribution >= 4 is 0 Å². The Bertz CT molecular complexity index is 419. The second kappa shape index (κ2) is 9.82. The molecule has 2 saturated carbocycles. The first-order valence-corrected chi connectivity index (χ1v) is 12.3. The molecule has 3 saturated heterocycles. The standard InChI is InChI=1S/C13H25N.C12H23N.CH4/c1-9(2)13-11-5-7-12(8-6-11)14(13)10(3)4;1-8(2)12-10-5-6-11(7-10)13(12)9(3)4;/h9-13H,5-8H2,1-4H3;8-12H,5-7H2,1-4H3;1H4. The van der Waals surface area contributed by atoms with Crippen LogP contribution in [0.15, 0.2) is 0 Å². The van der Waals surface area contributed by atoms with Crippen molar-refractivity contribution in [2.24, 2.45) is 23.7 Å². The predicted molar refractivity (Wildman–Crippen MR) is 125 cm³/mol. The van der Waals surface area contributed by atoms with E-state index in [0.29, 0.717) is 0 Å². The molecule has 0 radical (unpaired) electrons. The maximum atomic E-state index is 2.82. The minimum Gasteiger partial charge on any atom is -0.295 e. The van der Waals surface area contributed by atoms with Gasteiger partial charge in [0.2, 0.25) is 0 Å². The summed E-state index contributed by atoms with van der Waals surface area (Å²) in [6.07, 6.45) is 10.4. The van der Waals surface area contributed by atoms with Gasteiger partial charge in [-0.2, -0.15) is 0 Å².